The van der Waals surface area contributed by atoms with Crippen molar-refractivity contribution in [2.75, 3.05) is 6.54 Å². The molecule has 0 N–H and O–H groups in total. The van der Waals surface area contributed by atoms with Crippen LogP contribution in [0.25, 0.3) is 0 Å². The van der Waals surface area contributed by atoms with E-state index in [1.807, 2.05) is 13.8 Å². The molecule has 0 spiro atoms. The highest BCUT2D eigenvalue weighted by atomic mass is 19.1. The van der Waals surface area contributed by atoms with Gasteiger partial charge < -0.3 is 0 Å². The Hall–Kier alpha value is -1.84. The first-order chi connectivity index (χ1) is 10.5. The van der Waals surface area contributed by atoms with E-state index >= 15 is 0 Å². The summed E-state index contributed by atoms with van der Waals surface area (Å²) in [7, 11) is 0. The van der Waals surface area contributed by atoms with Crippen molar-refractivity contribution >= 4 is 12.9 Å². The third-order valence-corrected chi connectivity index (χ3v) is 3.43. The van der Waals surface area contributed by atoms with Gasteiger partial charge in [-0.2, -0.15) is 0 Å². The number of rotatable bonds is 8. The van der Waals surface area contributed by atoms with E-state index in [0.29, 0.717) is 30.5 Å². The lowest BCUT2D eigenvalue weighted by atomic mass is 9.97. The fraction of sp³-hybridized carbons (Fsp3) is 0.444. The van der Waals surface area contributed by atoms with Gasteiger partial charge in [0.15, 0.2) is 0 Å². The Bertz CT molecular complexity index is 575. The number of hydrogen-bond donors (Lipinski definition) is 0. The zero-order chi connectivity index (χ0) is 16.5. The number of allylic oxidation sites excluding steroid dienone is 1. The van der Waals surface area contributed by atoms with Gasteiger partial charge in [-0.25, -0.2) is 8.78 Å². The quantitative estimate of drug-likeness (QED) is 0.614. The monoisotopic (exact) mass is 306 g/mol. The zero-order valence-corrected chi connectivity index (χ0v) is 13.6. The number of hydrogen-bond acceptors (Lipinski definition) is 2. The maximum absolute atomic E-state index is 14.5. The van der Waals surface area contributed by atoms with E-state index in [1.54, 1.807) is 25.4 Å². The average molecular weight is 306 g/mol. The van der Waals surface area contributed by atoms with Crippen molar-refractivity contribution in [3.05, 3.63) is 46.2 Å². The van der Waals surface area contributed by atoms with E-state index in [2.05, 4.69) is 16.7 Å². The molecule has 1 rings (SSSR count). The van der Waals surface area contributed by atoms with Crippen molar-refractivity contribution in [2.24, 2.45) is 9.98 Å². The van der Waals surface area contributed by atoms with Crippen LogP contribution < -0.4 is 0 Å². The molecule has 1 aromatic carbocycles. The summed E-state index contributed by atoms with van der Waals surface area (Å²) >= 11 is 0. The van der Waals surface area contributed by atoms with E-state index in [4.69, 9.17) is 0 Å². The van der Waals surface area contributed by atoms with E-state index in [-0.39, 0.29) is 12.0 Å². The second-order valence-corrected chi connectivity index (χ2v) is 5.22. The second-order valence-electron chi connectivity index (χ2n) is 5.22. The molecule has 0 aliphatic rings. The van der Waals surface area contributed by atoms with Gasteiger partial charge in [0.2, 0.25) is 0 Å². The van der Waals surface area contributed by atoms with Gasteiger partial charge in [0.1, 0.15) is 11.6 Å². The molecule has 0 fully saturated rings. The average Bonchev–Trinajstić information content (AvgIpc) is 2.50. The van der Waals surface area contributed by atoms with Crippen LogP contribution in [0.2, 0.25) is 0 Å². The number of aliphatic imine (C=N–C) groups is 2. The van der Waals surface area contributed by atoms with Gasteiger partial charge in [-0.05, 0) is 56.5 Å². The van der Waals surface area contributed by atoms with Gasteiger partial charge in [0.05, 0.1) is 0 Å². The first-order valence-corrected chi connectivity index (χ1v) is 7.66. The van der Waals surface area contributed by atoms with Crippen LogP contribution in [0.15, 0.2) is 27.8 Å². The molecule has 0 bridgehead atoms. The lowest BCUT2D eigenvalue weighted by Gasteiger charge is -2.12. The molecule has 4 heteroatoms. The summed E-state index contributed by atoms with van der Waals surface area (Å²) in [4.78, 5) is 7.86. The van der Waals surface area contributed by atoms with Crippen LogP contribution in [-0.2, 0) is 12.8 Å². The van der Waals surface area contributed by atoms with Crippen LogP contribution in [0.3, 0.4) is 0 Å². The fourth-order valence-electron chi connectivity index (χ4n) is 2.34. The third-order valence-electron chi connectivity index (χ3n) is 3.43. The summed E-state index contributed by atoms with van der Waals surface area (Å²) in [5.41, 5.74) is 2.05. The smallest absolute Gasteiger partial charge is 0.132 e. The Kier molecular flexibility index (Phi) is 7.64. The normalized spacial score (nSPS) is 12.1. The Morgan fingerprint density at radius 1 is 1.23 bits per heavy atom. The van der Waals surface area contributed by atoms with Crippen LogP contribution in [0.5, 0.6) is 0 Å². The Morgan fingerprint density at radius 2 is 1.95 bits per heavy atom. The van der Waals surface area contributed by atoms with Gasteiger partial charge in [0, 0.05) is 24.5 Å². The fourth-order valence-corrected chi connectivity index (χ4v) is 2.34. The predicted molar refractivity (Wildman–Crippen MR) is 90.1 cm³/mol. The van der Waals surface area contributed by atoms with Crippen LogP contribution in [0.1, 0.15) is 43.4 Å². The zero-order valence-electron chi connectivity index (χ0n) is 13.6. The molecule has 0 aliphatic carbocycles. The van der Waals surface area contributed by atoms with Crippen molar-refractivity contribution in [3.63, 3.8) is 0 Å². The van der Waals surface area contributed by atoms with Crippen molar-refractivity contribution in [1.82, 2.24) is 0 Å². The van der Waals surface area contributed by atoms with E-state index in [0.717, 1.165) is 12.0 Å². The topological polar surface area (TPSA) is 24.7 Å². The van der Waals surface area contributed by atoms with E-state index < -0.39 is 11.6 Å². The molecule has 0 aromatic heterocycles. The molecule has 0 saturated carbocycles. The minimum Gasteiger partial charge on any atom is -0.293 e. The van der Waals surface area contributed by atoms with Crippen molar-refractivity contribution in [2.45, 2.75) is 46.5 Å². The number of aryl methyl sites for hydroxylation is 2. The Balaban J connectivity index is 3.03. The summed E-state index contributed by atoms with van der Waals surface area (Å²) in [6.07, 6.45) is 5.48. The maximum atomic E-state index is 14.5. The first kappa shape index (κ1) is 18.2. The maximum Gasteiger partial charge on any atom is 0.132 e. The standard InChI is InChI=1S/C18H24F2N2/c1-5-7-15-10-13(3)17(19)16(18(15)20)9-8-14(11-21-4)12-22-6-2/h10-12H,4-9H2,1-3H3/b14-11-,22-12-. The number of benzene rings is 1. The van der Waals surface area contributed by atoms with Gasteiger partial charge in [-0.1, -0.05) is 19.4 Å². The molecular weight excluding hydrogens is 282 g/mol. The SMILES string of the molecule is C=N/C=C(\C=N/CC)CCc1c(F)c(C)cc(CCC)c1F. The summed E-state index contributed by atoms with van der Waals surface area (Å²) in [5, 5.41) is 0. The molecule has 0 aliphatic heterocycles. The largest absolute Gasteiger partial charge is 0.293 e. The second kappa shape index (κ2) is 9.23. The van der Waals surface area contributed by atoms with Gasteiger partial charge in [-0.15, -0.1) is 0 Å². The molecule has 0 unspecified atom stereocenters. The Morgan fingerprint density at radius 3 is 2.55 bits per heavy atom. The summed E-state index contributed by atoms with van der Waals surface area (Å²) < 4.78 is 28.7. The molecule has 1 aromatic rings. The first-order valence-electron chi connectivity index (χ1n) is 7.66. The van der Waals surface area contributed by atoms with Gasteiger partial charge in [0.25, 0.3) is 0 Å². The number of nitrogens with zero attached hydrogens (tertiary/aromatic N) is 2. The molecule has 0 radical (unpaired) electrons. The lowest BCUT2D eigenvalue weighted by molar-refractivity contribution is 0.538. The van der Waals surface area contributed by atoms with Crippen molar-refractivity contribution in [3.8, 4) is 0 Å². The van der Waals surface area contributed by atoms with E-state index in [1.165, 1.54) is 0 Å². The molecule has 2 nitrogen and oxygen atoms in total. The molecule has 0 saturated heterocycles. The van der Waals surface area contributed by atoms with Gasteiger partial charge in [-0.3, -0.25) is 9.98 Å². The van der Waals surface area contributed by atoms with Crippen molar-refractivity contribution < 1.29 is 8.78 Å². The summed E-state index contributed by atoms with van der Waals surface area (Å²) in [5.74, 6) is -0.862. The van der Waals surface area contributed by atoms with Gasteiger partial charge >= 0.3 is 0 Å². The molecule has 22 heavy (non-hydrogen) atoms. The van der Waals surface area contributed by atoms with Crippen LogP contribution in [0.4, 0.5) is 8.78 Å². The predicted octanol–water partition coefficient (Wildman–Crippen LogP) is 4.83. The van der Waals surface area contributed by atoms with Crippen molar-refractivity contribution in [1.29, 1.82) is 0 Å². The highest BCUT2D eigenvalue weighted by Gasteiger charge is 2.16. The highest BCUT2D eigenvalue weighted by molar-refractivity contribution is 5.78. The number of halogens is 2. The minimum absolute atomic E-state index is 0.156. The highest BCUT2D eigenvalue weighted by Crippen LogP contribution is 2.24. The molecule has 0 heterocycles. The molecule has 0 atom stereocenters. The van der Waals surface area contributed by atoms with E-state index in [9.17, 15) is 8.78 Å². The minimum atomic E-state index is -0.448. The summed E-state index contributed by atoms with van der Waals surface area (Å²) in [6, 6.07) is 1.61. The van der Waals surface area contributed by atoms with Crippen LogP contribution >= 0.6 is 0 Å². The van der Waals surface area contributed by atoms with Crippen LogP contribution in [-0.4, -0.2) is 19.5 Å². The Labute approximate surface area is 131 Å². The molecule has 120 valence electrons. The van der Waals surface area contributed by atoms with Crippen LogP contribution in [0, 0.1) is 18.6 Å². The molecule has 0 amide bonds. The lowest BCUT2D eigenvalue weighted by Crippen LogP contribution is -2.04. The third kappa shape index (κ3) is 4.86. The molecular formula is C18H24F2N2. The summed E-state index contributed by atoms with van der Waals surface area (Å²) in [6.45, 7) is 9.65.